The molecular weight excluding hydrogens is 522 g/mol. The van der Waals surface area contributed by atoms with Crippen LogP contribution in [0, 0.1) is 13.8 Å². The van der Waals surface area contributed by atoms with Crippen molar-refractivity contribution in [3.8, 4) is 0 Å². The molecule has 2 atom stereocenters. The lowest BCUT2D eigenvalue weighted by molar-refractivity contribution is -0.143. The standard InChI is InChI=1S/C32H55N3O4S/c1-11-12-13-14-15-16-20-35(29(37)26(19-21-40-10)33-30(38)39-32(7,8)9)27(28(36)34-31(4,5)6)25-18-17-23(2)22-24(25)3/h17-18,22,26-27H,11-16,19-21H2,1-10H3,(H,33,38)(H,34,36). The first kappa shape index (κ1) is 35.8. The van der Waals surface area contributed by atoms with E-state index in [-0.39, 0.29) is 11.8 Å². The zero-order valence-electron chi connectivity index (χ0n) is 26.7. The van der Waals surface area contributed by atoms with Gasteiger partial charge in [-0.15, -0.1) is 0 Å². The predicted molar refractivity (Wildman–Crippen MR) is 168 cm³/mol. The van der Waals surface area contributed by atoms with Crippen LogP contribution in [0.25, 0.3) is 0 Å². The summed E-state index contributed by atoms with van der Waals surface area (Å²) < 4.78 is 5.50. The molecule has 40 heavy (non-hydrogen) atoms. The molecule has 1 aromatic rings. The van der Waals surface area contributed by atoms with Gasteiger partial charge in [0.25, 0.3) is 0 Å². The first-order chi connectivity index (χ1) is 18.6. The number of nitrogens with zero attached hydrogens (tertiary/aromatic N) is 1. The van der Waals surface area contributed by atoms with Crippen LogP contribution in [0.2, 0.25) is 0 Å². The van der Waals surface area contributed by atoms with Gasteiger partial charge in [-0.05, 0) is 91.4 Å². The number of benzene rings is 1. The number of ether oxygens (including phenoxy) is 1. The third-order valence-corrected chi connectivity index (χ3v) is 7.06. The van der Waals surface area contributed by atoms with Gasteiger partial charge in [-0.3, -0.25) is 9.59 Å². The first-order valence-electron chi connectivity index (χ1n) is 14.8. The molecule has 0 saturated carbocycles. The lowest BCUT2D eigenvalue weighted by atomic mass is 9.95. The summed E-state index contributed by atoms with van der Waals surface area (Å²) in [5, 5.41) is 5.94. The molecule has 7 nitrogen and oxygen atoms in total. The highest BCUT2D eigenvalue weighted by molar-refractivity contribution is 7.98. The number of nitrogens with one attached hydrogen (secondary N) is 2. The third kappa shape index (κ3) is 13.4. The summed E-state index contributed by atoms with van der Waals surface area (Å²) in [5.41, 5.74) is 1.68. The lowest BCUT2D eigenvalue weighted by Crippen LogP contribution is -2.55. The maximum absolute atomic E-state index is 14.3. The van der Waals surface area contributed by atoms with E-state index in [0.29, 0.717) is 18.7 Å². The Balaban J connectivity index is 3.52. The number of amides is 3. The summed E-state index contributed by atoms with van der Waals surface area (Å²) in [6, 6.07) is 4.36. The van der Waals surface area contributed by atoms with Crippen molar-refractivity contribution in [1.82, 2.24) is 15.5 Å². The normalized spacial score (nSPS) is 13.3. The highest BCUT2D eigenvalue weighted by Crippen LogP contribution is 2.28. The molecule has 0 fully saturated rings. The summed E-state index contributed by atoms with van der Waals surface area (Å²) in [4.78, 5) is 42.8. The van der Waals surface area contributed by atoms with Gasteiger partial charge >= 0.3 is 6.09 Å². The number of carbonyl (C=O) groups excluding carboxylic acids is 3. The third-order valence-electron chi connectivity index (χ3n) is 6.41. The van der Waals surface area contributed by atoms with Gasteiger partial charge in [-0.1, -0.05) is 62.8 Å². The minimum absolute atomic E-state index is 0.223. The topological polar surface area (TPSA) is 87.7 Å². The monoisotopic (exact) mass is 577 g/mol. The number of unbranched alkanes of at least 4 members (excludes halogenated alkanes) is 5. The van der Waals surface area contributed by atoms with Crippen LogP contribution in [0.4, 0.5) is 4.79 Å². The lowest BCUT2D eigenvalue weighted by Gasteiger charge is -2.36. The molecule has 0 radical (unpaired) electrons. The van der Waals surface area contributed by atoms with E-state index in [4.69, 9.17) is 4.74 Å². The van der Waals surface area contributed by atoms with E-state index < -0.39 is 29.3 Å². The molecule has 0 bridgehead atoms. The van der Waals surface area contributed by atoms with Crippen molar-refractivity contribution >= 4 is 29.7 Å². The van der Waals surface area contributed by atoms with E-state index in [1.807, 2.05) is 59.1 Å². The fraction of sp³-hybridized carbons (Fsp3) is 0.719. The van der Waals surface area contributed by atoms with Gasteiger partial charge < -0.3 is 20.3 Å². The van der Waals surface area contributed by atoms with Crippen molar-refractivity contribution in [1.29, 1.82) is 0 Å². The zero-order chi connectivity index (χ0) is 30.5. The number of hydrogen-bond acceptors (Lipinski definition) is 5. The van der Waals surface area contributed by atoms with E-state index in [1.165, 1.54) is 12.8 Å². The van der Waals surface area contributed by atoms with Crippen molar-refractivity contribution in [2.75, 3.05) is 18.6 Å². The molecule has 0 aliphatic carbocycles. The number of carbonyl (C=O) groups is 3. The molecule has 8 heteroatoms. The van der Waals surface area contributed by atoms with Gasteiger partial charge in [-0.25, -0.2) is 4.79 Å². The van der Waals surface area contributed by atoms with E-state index in [9.17, 15) is 14.4 Å². The Morgan fingerprint density at radius 1 is 0.975 bits per heavy atom. The summed E-state index contributed by atoms with van der Waals surface area (Å²) in [6.45, 7) is 17.8. The average Bonchev–Trinajstić information content (AvgIpc) is 2.81. The minimum atomic E-state index is -0.819. The Morgan fingerprint density at radius 2 is 1.60 bits per heavy atom. The molecule has 0 aromatic heterocycles. The molecule has 0 heterocycles. The van der Waals surface area contributed by atoms with Gasteiger partial charge in [0.15, 0.2) is 0 Å². The van der Waals surface area contributed by atoms with Crippen LogP contribution in [0.5, 0.6) is 0 Å². The van der Waals surface area contributed by atoms with Crippen molar-refractivity contribution in [2.45, 2.75) is 130 Å². The molecule has 2 N–H and O–H groups in total. The minimum Gasteiger partial charge on any atom is -0.444 e. The van der Waals surface area contributed by atoms with Gasteiger partial charge in [0.1, 0.15) is 17.7 Å². The number of hydrogen-bond donors (Lipinski definition) is 2. The largest absolute Gasteiger partial charge is 0.444 e. The van der Waals surface area contributed by atoms with Gasteiger partial charge in [0, 0.05) is 12.1 Å². The van der Waals surface area contributed by atoms with Crippen LogP contribution >= 0.6 is 11.8 Å². The molecule has 0 aliphatic rings. The summed E-state index contributed by atoms with van der Waals surface area (Å²) in [7, 11) is 0. The second-order valence-electron chi connectivity index (χ2n) is 12.8. The van der Waals surface area contributed by atoms with Crippen molar-refractivity contribution in [3.05, 3.63) is 34.9 Å². The maximum Gasteiger partial charge on any atom is 0.408 e. The predicted octanol–water partition coefficient (Wildman–Crippen LogP) is 7.09. The quantitative estimate of drug-likeness (QED) is 0.217. The SMILES string of the molecule is CCCCCCCCN(C(=O)C(CCSC)NC(=O)OC(C)(C)C)C(C(=O)NC(C)(C)C)c1ccc(C)cc1C. The molecule has 0 saturated heterocycles. The van der Waals surface area contributed by atoms with Crippen LogP contribution in [-0.4, -0.2) is 58.5 Å². The highest BCUT2D eigenvalue weighted by Gasteiger charge is 2.37. The molecule has 1 aromatic carbocycles. The van der Waals surface area contributed by atoms with Crippen LogP contribution in [0.1, 0.15) is 116 Å². The average molecular weight is 578 g/mol. The van der Waals surface area contributed by atoms with Crippen molar-refractivity contribution in [3.63, 3.8) is 0 Å². The number of alkyl carbamates (subject to hydrolysis) is 1. The Hall–Kier alpha value is -2.22. The van der Waals surface area contributed by atoms with Crippen LogP contribution in [-0.2, 0) is 14.3 Å². The first-order valence-corrected chi connectivity index (χ1v) is 16.2. The fourth-order valence-corrected chi connectivity index (χ4v) is 5.06. The van der Waals surface area contributed by atoms with E-state index >= 15 is 0 Å². The number of rotatable bonds is 15. The molecule has 0 spiro atoms. The van der Waals surface area contributed by atoms with Crippen molar-refractivity contribution < 1.29 is 19.1 Å². The summed E-state index contributed by atoms with van der Waals surface area (Å²) in [6.07, 6.45) is 8.13. The number of thioether (sulfide) groups is 1. The fourth-order valence-electron chi connectivity index (χ4n) is 4.59. The smallest absolute Gasteiger partial charge is 0.408 e. The Morgan fingerprint density at radius 3 is 2.15 bits per heavy atom. The Kier molecular flexibility index (Phi) is 15.1. The number of aryl methyl sites for hydroxylation is 2. The van der Waals surface area contributed by atoms with Crippen LogP contribution in [0.3, 0.4) is 0 Å². The molecular formula is C32H55N3O4S. The Labute approximate surface area is 248 Å². The van der Waals surface area contributed by atoms with Gasteiger partial charge in [0.05, 0.1) is 0 Å². The van der Waals surface area contributed by atoms with Crippen LogP contribution < -0.4 is 10.6 Å². The molecule has 2 unspecified atom stereocenters. The van der Waals surface area contributed by atoms with E-state index in [2.05, 4.69) is 17.6 Å². The molecule has 3 amide bonds. The van der Waals surface area contributed by atoms with E-state index in [1.54, 1.807) is 37.4 Å². The molecule has 0 aliphatic heterocycles. The van der Waals surface area contributed by atoms with E-state index in [0.717, 1.165) is 42.4 Å². The van der Waals surface area contributed by atoms with Gasteiger partial charge in [-0.2, -0.15) is 11.8 Å². The highest BCUT2D eigenvalue weighted by atomic mass is 32.2. The second-order valence-corrected chi connectivity index (χ2v) is 13.8. The maximum atomic E-state index is 14.3. The second kappa shape index (κ2) is 16.9. The van der Waals surface area contributed by atoms with Crippen LogP contribution in [0.15, 0.2) is 18.2 Å². The summed E-state index contributed by atoms with van der Waals surface area (Å²) >= 11 is 1.61. The Bertz CT molecular complexity index is 952. The van der Waals surface area contributed by atoms with Crippen molar-refractivity contribution in [2.24, 2.45) is 0 Å². The zero-order valence-corrected chi connectivity index (χ0v) is 27.6. The molecule has 1 rings (SSSR count). The van der Waals surface area contributed by atoms with Gasteiger partial charge in [0.2, 0.25) is 11.8 Å². The molecule has 228 valence electrons. The summed E-state index contributed by atoms with van der Waals surface area (Å²) in [5.74, 6) is 0.196.